The summed E-state index contributed by atoms with van der Waals surface area (Å²) in [5.74, 6) is -0.0758. The van der Waals surface area contributed by atoms with Crippen LogP contribution < -0.4 is 9.46 Å². The molecule has 0 radical (unpaired) electrons. The lowest BCUT2D eigenvalue weighted by Gasteiger charge is -2.12. The molecule has 0 spiro atoms. The fraction of sp³-hybridized carbons (Fsp3) is 0.0526. The molecule has 0 aliphatic rings. The zero-order valence-corrected chi connectivity index (χ0v) is 15.0. The maximum atomic E-state index is 12.7. The van der Waals surface area contributed by atoms with Gasteiger partial charge in [0.2, 0.25) is 0 Å². The van der Waals surface area contributed by atoms with E-state index in [1.165, 1.54) is 24.3 Å². The molecule has 9 heteroatoms. The number of anilines is 1. The van der Waals surface area contributed by atoms with Gasteiger partial charge in [0.05, 0.1) is 16.1 Å². The highest BCUT2D eigenvalue weighted by Gasteiger charge is 2.33. The quantitative estimate of drug-likeness (QED) is 0.622. The molecule has 0 aromatic heterocycles. The minimum Gasteiger partial charge on any atom is -0.507 e. The Labute approximate surface area is 159 Å². The van der Waals surface area contributed by atoms with Gasteiger partial charge in [0, 0.05) is 6.07 Å². The van der Waals surface area contributed by atoms with Crippen molar-refractivity contribution in [1.29, 1.82) is 0 Å². The fourth-order valence-electron chi connectivity index (χ4n) is 2.36. The van der Waals surface area contributed by atoms with Crippen molar-refractivity contribution in [3.05, 3.63) is 78.4 Å². The van der Waals surface area contributed by atoms with Gasteiger partial charge in [-0.25, -0.2) is 8.42 Å². The minimum absolute atomic E-state index is 0.118. The number of rotatable bonds is 5. The van der Waals surface area contributed by atoms with Crippen LogP contribution in [0, 0.1) is 0 Å². The van der Waals surface area contributed by atoms with Crippen LogP contribution in [-0.2, 0) is 16.2 Å². The Bertz CT molecular complexity index is 1070. The number of benzene rings is 3. The summed E-state index contributed by atoms with van der Waals surface area (Å²) < 4.78 is 70.5. The van der Waals surface area contributed by atoms with E-state index in [1.807, 2.05) is 6.07 Å². The van der Waals surface area contributed by atoms with E-state index in [9.17, 15) is 26.7 Å². The first-order valence-corrected chi connectivity index (χ1v) is 9.39. The van der Waals surface area contributed by atoms with Gasteiger partial charge in [0.15, 0.2) is 0 Å². The predicted octanol–water partition coefficient (Wildman–Crippen LogP) is 5.00. The van der Waals surface area contributed by atoms with E-state index in [0.717, 1.165) is 6.07 Å². The Morgan fingerprint density at radius 2 is 1.46 bits per heavy atom. The molecule has 0 saturated heterocycles. The van der Waals surface area contributed by atoms with Crippen molar-refractivity contribution in [3.8, 4) is 17.2 Å². The molecule has 2 N–H and O–H groups in total. The molecule has 0 aliphatic carbocycles. The highest BCUT2D eigenvalue weighted by atomic mass is 32.2. The number of aromatic hydroxyl groups is 1. The molecule has 5 nitrogen and oxygen atoms in total. The molecule has 0 aliphatic heterocycles. The van der Waals surface area contributed by atoms with Crippen LogP contribution in [0.5, 0.6) is 17.2 Å². The first-order chi connectivity index (χ1) is 13.1. The molecule has 0 heterocycles. The van der Waals surface area contributed by atoms with Gasteiger partial charge in [-0.15, -0.1) is 0 Å². The van der Waals surface area contributed by atoms with Gasteiger partial charge in [-0.2, -0.15) is 13.2 Å². The standard InChI is InChI=1S/C19H14F3NO4S/c20-19(21,22)17-11-6-13(12-18(17)24)23-28(25,26)16-9-7-15(8-10-16)27-14-4-2-1-3-5-14/h1-12,23-24H. The third-order valence-electron chi connectivity index (χ3n) is 3.67. The molecule has 0 fully saturated rings. The summed E-state index contributed by atoms with van der Waals surface area (Å²) in [5.41, 5.74) is -1.45. The van der Waals surface area contributed by atoms with Crippen LogP contribution in [0.2, 0.25) is 0 Å². The normalized spacial score (nSPS) is 11.8. The number of ether oxygens (including phenoxy) is 1. The molecular formula is C19H14F3NO4S. The van der Waals surface area contributed by atoms with Crippen LogP contribution in [0.3, 0.4) is 0 Å². The fourth-order valence-corrected chi connectivity index (χ4v) is 3.41. The highest BCUT2D eigenvalue weighted by Crippen LogP contribution is 2.37. The third kappa shape index (κ3) is 4.55. The van der Waals surface area contributed by atoms with Gasteiger partial charge in [0.1, 0.15) is 17.2 Å². The summed E-state index contributed by atoms with van der Waals surface area (Å²) >= 11 is 0. The van der Waals surface area contributed by atoms with Crippen molar-refractivity contribution in [2.45, 2.75) is 11.1 Å². The number of halogens is 3. The number of sulfonamides is 1. The Morgan fingerprint density at radius 3 is 2.04 bits per heavy atom. The summed E-state index contributed by atoms with van der Waals surface area (Å²) in [7, 11) is -4.07. The van der Waals surface area contributed by atoms with E-state index in [-0.39, 0.29) is 10.6 Å². The summed E-state index contributed by atoms with van der Waals surface area (Å²) in [6, 6.07) is 16.6. The Morgan fingerprint density at radius 1 is 0.857 bits per heavy atom. The maximum Gasteiger partial charge on any atom is 0.419 e. The van der Waals surface area contributed by atoms with Crippen molar-refractivity contribution >= 4 is 15.7 Å². The van der Waals surface area contributed by atoms with E-state index in [2.05, 4.69) is 4.72 Å². The molecule has 0 unspecified atom stereocenters. The molecule has 0 bridgehead atoms. The van der Waals surface area contributed by atoms with E-state index in [4.69, 9.17) is 4.74 Å². The van der Waals surface area contributed by atoms with E-state index < -0.39 is 27.5 Å². The van der Waals surface area contributed by atoms with Crippen LogP contribution in [0.25, 0.3) is 0 Å². The SMILES string of the molecule is O=S(=O)(Nc1ccc(C(F)(F)F)c(O)c1)c1ccc(Oc2ccccc2)cc1. The predicted molar refractivity (Wildman–Crippen MR) is 96.9 cm³/mol. The van der Waals surface area contributed by atoms with Crippen molar-refractivity contribution < 1.29 is 31.4 Å². The van der Waals surface area contributed by atoms with Crippen LogP contribution in [-0.4, -0.2) is 13.5 Å². The first kappa shape index (κ1) is 19.6. The molecule has 0 saturated carbocycles. The van der Waals surface area contributed by atoms with Gasteiger partial charge < -0.3 is 9.84 Å². The average Bonchev–Trinajstić information content (AvgIpc) is 2.61. The summed E-state index contributed by atoms with van der Waals surface area (Å²) in [4.78, 5) is -0.118. The zero-order chi connectivity index (χ0) is 20.4. The number of phenols is 1. The van der Waals surface area contributed by atoms with Crippen LogP contribution in [0.1, 0.15) is 5.56 Å². The molecule has 0 amide bonds. The number of nitrogens with one attached hydrogen (secondary N) is 1. The lowest BCUT2D eigenvalue weighted by Crippen LogP contribution is -2.13. The number of phenolic OH excluding ortho intramolecular Hbond substituents is 1. The van der Waals surface area contributed by atoms with E-state index in [0.29, 0.717) is 23.6 Å². The van der Waals surface area contributed by atoms with Crippen LogP contribution >= 0.6 is 0 Å². The molecule has 28 heavy (non-hydrogen) atoms. The van der Waals surface area contributed by atoms with Gasteiger partial charge in [-0.3, -0.25) is 4.72 Å². The van der Waals surface area contributed by atoms with Gasteiger partial charge in [0.25, 0.3) is 10.0 Å². The number of hydrogen-bond donors (Lipinski definition) is 2. The van der Waals surface area contributed by atoms with Crippen molar-refractivity contribution in [3.63, 3.8) is 0 Å². The van der Waals surface area contributed by atoms with Crippen molar-refractivity contribution in [1.82, 2.24) is 0 Å². The number of alkyl halides is 3. The molecule has 0 atom stereocenters. The molecule has 3 aromatic carbocycles. The van der Waals surface area contributed by atoms with Crippen molar-refractivity contribution in [2.24, 2.45) is 0 Å². The molecule has 3 rings (SSSR count). The summed E-state index contributed by atoms with van der Waals surface area (Å²) in [5, 5.41) is 9.50. The summed E-state index contributed by atoms with van der Waals surface area (Å²) in [6.45, 7) is 0. The zero-order valence-electron chi connectivity index (χ0n) is 14.1. The lowest BCUT2D eigenvalue weighted by atomic mass is 10.2. The molecular weight excluding hydrogens is 395 g/mol. The smallest absolute Gasteiger partial charge is 0.419 e. The number of para-hydroxylation sites is 1. The Balaban J connectivity index is 1.77. The lowest BCUT2D eigenvalue weighted by molar-refractivity contribution is -0.138. The van der Waals surface area contributed by atoms with Crippen LogP contribution in [0.15, 0.2) is 77.7 Å². The largest absolute Gasteiger partial charge is 0.507 e. The third-order valence-corrected chi connectivity index (χ3v) is 5.07. The average molecular weight is 409 g/mol. The summed E-state index contributed by atoms with van der Waals surface area (Å²) in [6.07, 6.45) is -4.74. The van der Waals surface area contributed by atoms with Gasteiger partial charge in [-0.05, 0) is 48.5 Å². The second-order valence-corrected chi connectivity index (χ2v) is 7.40. The Hall–Kier alpha value is -3.20. The van der Waals surface area contributed by atoms with E-state index >= 15 is 0 Å². The van der Waals surface area contributed by atoms with Gasteiger partial charge in [-0.1, -0.05) is 18.2 Å². The first-order valence-electron chi connectivity index (χ1n) is 7.91. The highest BCUT2D eigenvalue weighted by molar-refractivity contribution is 7.92. The second-order valence-electron chi connectivity index (χ2n) is 5.72. The molecule has 146 valence electrons. The van der Waals surface area contributed by atoms with E-state index in [1.54, 1.807) is 24.3 Å². The minimum atomic E-state index is -4.74. The van der Waals surface area contributed by atoms with Crippen molar-refractivity contribution in [2.75, 3.05) is 4.72 Å². The maximum absolute atomic E-state index is 12.7. The topological polar surface area (TPSA) is 75.6 Å². The number of hydrogen-bond acceptors (Lipinski definition) is 4. The second kappa shape index (κ2) is 7.43. The van der Waals surface area contributed by atoms with Gasteiger partial charge >= 0.3 is 6.18 Å². The molecule has 3 aromatic rings. The van der Waals surface area contributed by atoms with Crippen LogP contribution in [0.4, 0.5) is 18.9 Å². The monoisotopic (exact) mass is 409 g/mol. The Kier molecular flexibility index (Phi) is 5.19.